The molecular formula is C17H24N5OS+. The SMILES string of the molecule is C=CCn1c(O)c(N=NC(=S)NCCC[NH+](C)C)c2ccccc21. The Balaban J connectivity index is 2.13. The lowest BCUT2D eigenvalue weighted by atomic mass is 10.2. The van der Waals surface area contributed by atoms with Gasteiger partial charge in [0.1, 0.15) is 0 Å². The summed E-state index contributed by atoms with van der Waals surface area (Å²) in [6.07, 6.45) is 2.73. The van der Waals surface area contributed by atoms with Gasteiger partial charge in [-0.3, -0.25) is 0 Å². The van der Waals surface area contributed by atoms with E-state index in [-0.39, 0.29) is 5.88 Å². The lowest BCUT2D eigenvalue weighted by molar-refractivity contribution is -0.858. The Bertz CT molecular complexity index is 751. The Labute approximate surface area is 147 Å². The number of azo groups is 1. The van der Waals surface area contributed by atoms with E-state index < -0.39 is 0 Å². The fourth-order valence-electron chi connectivity index (χ4n) is 2.45. The summed E-state index contributed by atoms with van der Waals surface area (Å²) in [6.45, 7) is 6.04. The van der Waals surface area contributed by atoms with Crippen LogP contribution in [-0.4, -0.2) is 42.0 Å². The van der Waals surface area contributed by atoms with Gasteiger partial charge >= 0.3 is 0 Å². The maximum absolute atomic E-state index is 10.4. The Morgan fingerprint density at radius 2 is 2.17 bits per heavy atom. The summed E-state index contributed by atoms with van der Waals surface area (Å²) < 4.78 is 1.74. The topological polar surface area (TPSA) is 66.3 Å². The van der Waals surface area contributed by atoms with Gasteiger partial charge < -0.3 is 19.9 Å². The van der Waals surface area contributed by atoms with Gasteiger partial charge in [0.05, 0.1) is 26.2 Å². The van der Waals surface area contributed by atoms with Gasteiger partial charge in [-0.25, -0.2) is 0 Å². The minimum Gasteiger partial charge on any atom is -0.493 e. The van der Waals surface area contributed by atoms with Crippen LogP contribution in [0.15, 0.2) is 47.1 Å². The number of benzene rings is 1. The third kappa shape index (κ3) is 4.39. The van der Waals surface area contributed by atoms with Crippen LogP contribution in [0, 0.1) is 0 Å². The molecule has 0 fully saturated rings. The molecule has 6 nitrogen and oxygen atoms in total. The Morgan fingerprint density at radius 3 is 2.88 bits per heavy atom. The molecule has 1 heterocycles. The van der Waals surface area contributed by atoms with Crippen molar-refractivity contribution in [3.8, 4) is 5.88 Å². The summed E-state index contributed by atoms with van der Waals surface area (Å²) >= 11 is 5.17. The summed E-state index contributed by atoms with van der Waals surface area (Å²) in [7, 11) is 4.22. The first-order valence-electron chi connectivity index (χ1n) is 7.94. The summed E-state index contributed by atoms with van der Waals surface area (Å²) in [5, 5.41) is 22.8. The molecule has 0 saturated carbocycles. The van der Waals surface area contributed by atoms with Crippen LogP contribution in [0.4, 0.5) is 5.69 Å². The molecular weight excluding hydrogens is 322 g/mol. The van der Waals surface area contributed by atoms with Crippen LogP contribution >= 0.6 is 12.2 Å². The van der Waals surface area contributed by atoms with Gasteiger partial charge in [-0.1, -0.05) is 24.3 Å². The standard InChI is InChI=1S/C17H23N5OS/c1-4-11-22-14-9-6-5-8-13(14)15(16(22)23)19-20-17(24)18-10-7-12-21(2)3/h4-6,8-9,23H,1,7,10-12H2,2-3H3,(H,18,24)/p+1. The van der Waals surface area contributed by atoms with E-state index in [0.29, 0.717) is 17.3 Å². The van der Waals surface area contributed by atoms with Crippen molar-refractivity contribution in [1.82, 2.24) is 9.88 Å². The second-order valence-corrected chi connectivity index (χ2v) is 6.22. The van der Waals surface area contributed by atoms with Crippen LogP contribution in [0.5, 0.6) is 5.88 Å². The van der Waals surface area contributed by atoms with Crippen molar-refractivity contribution < 1.29 is 10.0 Å². The highest BCUT2D eigenvalue weighted by Crippen LogP contribution is 2.38. The van der Waals surface area contributed by atoms with Gasteiger partial charge in [0.25, 0.3) is 0 Å². The van der Waals surface area contributed by atoms with Crippen LogP contribution in [0.3, 0.4) is 0 Å². The third-order valence-corrected chi connectivity index (χ3v) is 3.83. The van der Waals surface area contributed by atoms with Crippen LogP contribution in [0.25, 0.3) is 10.9 Å². The predicted octanol–water partition coefficient (Wildman–Crippen LogP) is 2.03. The minimum absolute atomic E-state index is 0.0684. The molecule has 0 saturated heterocycles. The second kappa shape index (κ2) is 8.56. The van der Waals surface area contributed by atoms with E-state index in [9.17, 15) is 5.11 Å². The zero-order chi connectivity index (χ0) is 17.5. The highest BCUT2D eigenvalue weighted by molar-refractivity contribution is 7.80. The van der Waals surface area contributed by atoms with E-state index in [1.807, 2.05) is 24.3 Å². The van der Waals surface area contributed by atoms with E-state index in [1.165, 1.54) is 4.90 Å². The van der Waals surface area contributed by atoms with Gasteiger partial charge in [-0.15, -0.1) is 16.8 Å². The molecule has 128 valence electrons. The van der Waals surface area contributed by atoms with Crippen LogP contribution < -0.4 is 10.2 Å². The summed E-state index contributed by atoms with van der Waals surface area (Å²) in [4.78, 5) is 1.39. The Morgan fingerprint density at radius 1 is 1.42 bits per heavy atom. The van der Waals surface area contributed by atoms with Gasteiger partial charge in [-0.05, 0) is 18.3 Å². The molecule has 0 aliphatic rings. The number of hydrogen-bond donors (Lipinski definition) is 3. The van der Waals surface area contributed by atoms with Crippen LogP contribution in [-0.2, 0) is 6.54 Å². The number of thiocarbonyl (C=S) groups is 1. The molecule has 0 atom stereocenters. The molecule has 0 spiro atoms. The van der Waals surface area contributed by atoms with Gasteiger partial charge in [-0.2, -0.15) is 0 Å². The smallest absolute Gasteiger partial charge is 0.221 e. The number of para-hydroxylation sites is 1. The molecule has 7 heteroatoms. The molecule has 0 aliphatic carbocycles. The summed E-state index contributed by atoms with van der Waals surface area (Å²) in [6, 6.07) is 7.65. The first-order valence-corrected chi connectivity index (χ1v) is 8.35. The highest BCUT2D eigenvalue weighted by Gasteiger charge is 2.15. The zero-order valence-electron chi connectivity index (χ0n) is 14.1. The maximum Gasteiger partial charge on any atom is 0.221 e. The first-order chi connectivity index (χ1) is 11.5. The largest absolute Gasteiger partial charge is 0.493 e. The third-order valence-electron chi connectivity index (χ3n) is 3.60. The van der Waals surface area contributed by atoms with E-state index in [4.69, 9.17) is 12.2 Å². The van der Waals surface area contributed by atoms with Crippen molar-refractivity contribution in [3.63, 3.8) is 0 Å². The molecule has 24 heavy (non-hydrogen) atoms. The number of quaternary nitrogens is 1. The number of hydrogen-bond acceptors (Lipinski definition) is 3. The number of aromatic nitrogens is 1. The van der Waals surface area contributed by atoms with Crippen molar-refractivity contribution in [3.05, 3.63) is 36.9 Å². The van der Waals surface area contributed by atoms with E-state index in [2.05, 4.69) is 36.2 Å². The lowest BCUT2D eigenvalue weighted by Crippen LogP contribution is -3.05. The molecule has 0 radical (unpaired) electrons. The number of fused-ring (bicyclic) bond motifs is 1. The molecule has 0 amide bonds. The second-order valence-electron chi connectivity index (χ2n) is 5.83. The molecule has 2 aromatic rings. The molecule has 1 aromatic carbocycles. The molecule has 0 bridgehead atoms. The average molecular weight is 346 g/mol. The Kier molecular flexibility index (Phi) is 6.45. The number of nitrogens with zero attached hydrogens (tertiary/aromatic N) is 3. The number of aromatic hydroxyl groups is 1. The van der Waals surface area contributed by atoms with Gasteiger partial charge in [0, 0.05) is 24.9 Å². The number of nitrogens with one attached hydrogen (secondary N) is 2. The first kappa shape index (κ1) is 18.1. The highest BCUT2D eigenvalue weighted by atomic mass is 32.1. The average Bonchev–Trinajstić information content (AvgIpc) is 2.82. The quantitative estimate of drug-likeness (QED) is 0.311. The van der Waals surface area contributed by atoms with Crippen molar-refractivity contribution in [1.29, 1.82) is 0 Å². The monoisotopic (exact) mass is 346 g/mol. The zero-order valence-corrected chi connectivity index (χ0v) is 14.9. The van der Waals surface area contributed by atoms with Crippen molar-refractivity contribution >= 4 is 33.9 Å². The van der Waals surface area contributed by atoms with Gasteiger partial charge in [0.2, 0.25) is 11.0 Å². The molecule has 3 N–H and O–H groups in total. The molecule has 1 aromatic heterocycles. The molecule has 2 rings (SSSR count). The predicted molar refractivity (Wildman–Crippen MR) is 101 cm³/mol. The minimum atomic E-state index is 0.0684. The van der Waals surface area contributed by atoms with Crippen LogP contribution in [0.1, 0.15) is 6.42 Å². The van der Waals surface area contributed by atoms with E-state index in [1.54, 1.807) is 10.6 Å². The van der Waals surface area contributed by atoms with Crippen molar-refractivity contribution in [2.75, 3.05) is 27.2 Å². The van der Waals surface area contributed by atoms with E-state index >= 15 is 0 Å². The van der Waals surface area contributed by atoms with Crippen LogP contribution in [0.2, 0.25) is 0 Å². The fraction of sp³-hybridized carbons (Fsp3) is 0.353. The van der Waals surface area contributed by atoms with Crippen molar-refractivity contribution in [2.24, 2.45) is 10.2 Å². The van der Waals surface area contributed by atoms with Gasteiger partial charge in [0.15, 0.2) is 5.69 Å². The summed E-state index contributed by atoms with van der Waals surface area (Å²) in [5.41, 5.74) is 1.31. The lowest BCUT2D eigenvalue weighted by Gasteiger charge is -2.07. The molecule has 0 aliphatic heterocycles. The maximum atomic E-state index is 10.4. The Hall–Kier alpha value is -2.25. The molecule has 0 unspecified atom stereocenters. The fourth-order valence-corrected chi connectivity index (χ4v) is 2.60. The normalized spacial score (nSPS) is 11.5. The number of rotatable bonds is 7. The summed E-state index contributed by atoms with van der Waals surface area (Å²) in [5.74, 6) is 0.0684. The number of allylic oxidation sites excluding steroid dienone is 1. The van der Waals surface area contributed by atoms with E-state index in [0.717, 1.165) is 30.4 Å². The van der Waals surface area contributed by atoms with Crippen molar-refractivity contribution in [2.45, 2.75) is 13.0 Å².